The van der Waals surface area contributed by atoms with E-state index in [2.05, 4.69) is 49.5 Å². The van der Waals surface area contributed by atoms with E-state index in [1.54, 1.807) is 22.7 Å². The van der Waals surface area contributed by atoms with Crippen LogP contribution in [-0.2, 0) is 6.42 Å². The van der Waals surface area contributed by atoms with Crippen LogP contribution in [0.2, 0.25) is 0 Å². The van der Waals surface area contributed by atoms with E-state index in [1.165, 1.54) is 14.9 Å². The maximum atomic E-state index is 3.49. The molecule has 2 aromatic rings. The number of nitrogens with one attached hydrogen (secondary N) is 1. The predicted octanol–water partition coefficient (Wildman–Crippen LogP) is 4.08. The highest BCUT2D eigenvalue weighted by atomic mass is 79.9. The van der Waals surface area contributed by atoms with E-state index >= 15 is 0 Å². The minimum atomic E-state index is 0.427. The molecule has 0 saturated heterocycles. The highest BCUT2D eigenvalue weighted by Gasteiger charge is 2.12. The van der Waals surface area contributed by atoms with Crippen LogP contribution in [0.5, 0.6) is 0 Å². The molecule has 0 spiro atoms. The Bertz CT molecular complexity index is 408. The first-order chi connectivity index (χ1) is 7.29. The zero-order chi connectivity index (χ0) is 10.7. The van der Waals surface area contributed by atoms with Gasteiger partial charge in [-0.25, -0.2) is 0 Å². The molecule has 0 aliphatic heterocycles. The van der Waals surface area contributed by atoms with E-state index in [0.29, 0.717) is 6.04 Å². The van der Waals surface area contributed by atoms with E-state index in [4.69, 9.17) is 0 Å². The van der Waals surface area contributed by atoms with Gasteiger partial charge in [-0.05, 0) is 57.9 Å². The Balaban J connectivity index is 2.11. The van der Waals surface area contributed by atoms with E-state index in [9.17, 15) is 0 Å². The Hall–Kier alpha value is -0.160. The summed E-state index contributed by atoms with van der Waals surface area (Å²) in [5.41, 5.74) is 1.41. The van der Waals surface area contributed by atoms with Crippen molar-refractivity contribution >= 4 is 38.6 Å². The maximum Gasteiger partial charge on any atom is 0.0453 e. The summed E-state index contributed by atoms with van der Waals surface area (Å²) in [7, 11) is 2.02. The highest BCUT2D eigenvalue weighted by Crippen LogP contribution is 2.28. The second-order valence-electron chi connectivity index (χ2n) is 3.34. The molecule has 0 aliphatic rings. The third-order valence-corrected chi connectivity index (χ3v) is 4.84. The van der Waals surface area contributed by atoms with Gasteiger partial charge in [0.2, 0.25) is 0 Å². The van der Waals surface area contributed by atoms with Crippen molar-refractivity contribution in [1.82, 2.24) is 5.32 Å². The zero-order valence-corrected chi connectivity index (χ0v) is 11.6. The summed E-state index contributed by atoms with van der Waals surface area (Å²) in [5.74, 6) is 0. The molecule has 0 fully saturated rings. The van der Waals surface area contributed by atoms with Crippen molar-refractivity contribution in [1.29, 1.82) is 0 Å². The summed E-state index contributed by atoms with van der Waals surface area (Å²) in [6.07, 6.45) is 1.06. The SMILES string of the molecule is CNC(Cc1ccsc1)c1cc(Br)cs1. The molecular weight excluding hydrogens is 290 g/mol. The van der Waals surface area contributed by atoms with Crippen molar-refractivity contribution in [3.8, 4) is 0 Å². The molecule has 2 rings (SSSR count). The van der Waals surface area contributed by atoms with Crippen molar-refractivity contribution in [3.63, 3.8) is 0 Å². The van der Waals surface area contributed by atoms with Crippen LogP contribution in [0.4, 0.5) is 0 Å². The Morgan fingerprint density at radius 2 is 2.33 bits per heavy atom. The van der Waals surface area contributed by atoms with Crippen LogP contribution >= 0.6 is 38.6 Å². The van der Waals surface area contributed by atoms with E-state index in [0.717, 1.165) is 6.42 Å². The molecule has 0 saturated carbocycles. The molecule has 1 nitrogen and oxygen atoms in total. The molecule has 0 aromatic carbocycles. The monoisotopic (exact) mass is 301 g/mol. The molecule has 80 valence electrons. The van der Waals surface area contributed by atoms with Gasteiger partial charge in [0.05, 0.1) is 0 Å². The van der Waals surface area contributed by atoms with Crippen LogP contribution in [0, 0.1) is 0 Å². The molecular formula is C11H12BrNS2. The van der Waals surface area contributed by atoms with Gasteiger partial charge in [0.15, 0.2) is 0 Å². The Kier molecular flexibility index (Phi) is 3.97. The van der Waals surface area contributed by atoms with Gasteiger partial charge in [0.1, 0.15) is 0 Å². The van der Waals surface area contributed by atoms with Gasteiger partial charge in [-0.1, -0.05) is 0 Å². The molecule has 15 heavy (non-hydrogen) atoms. The number of thiophene rings is 2. The lowest BCUT2D eigenvalue weighted by atomic mass is 10.1. The average Bonchev–Trinajstić information content (AvgIpc) is 2.85. The standard InChI is InChI=1S/C11H12BrNS2/c1-13-10(4-8-2-3-14-6-8)11-5-9(12)7-15-11/h2-3,5-7,10,13H,4H2,1H3. The Labute approximate surface area is 106 Å². The summed E-state index contributed by atoms with van der Waals surface area (Å²) < 4.78 is 1.17. The van der Waals surface area contributed by atoms with Crippen molar-refractivity contribution in [2.24, 2.45) is 0 Å². The lowest BCUT2D eigenvalue weighted by Crippen LogP contribution is -2.17. The number of hydrogen-bond donors (Lipinski definition) is 1. The molecule has 1 atom stereocenters. The van der Waals surface area contributed by atoms with Gasteiger partial charge in [-0.3, -0.25) is 0 Å². The Morgan fingerprint density at radius 1 is 1.47 bits per heavy atom. The number of rotatable bonds is 4. The quantitative estimate of drug-likeness (QED) is 0.897. The fraction of sp³-hybridized carbons (Fsp3) is 0.273. The summed E-state index contributed by atoms with van der Waals surface area (Å²) in [4.78, 5) is 1.38. The molecule has 0 radical (unpaired) electrons. The van der Waals surface area contributed by atoms with E-state index < -0.39 is 0 Å². The van der Waals surface area contributed by atoms with Crippen molar-refractivity contribution in [2.75, 3.05) is 7.05 Å². The predicted molar refractivity (Wildman–Crippen MR) is 71.8 cm³/mol. The van der Waals surface area contributed by atoms with Crippen LogP contribution in [0.1, 0.15) is 16.5 Å². The largest absolute Gasteiger partial charge is 0.312 e. The third kappa shape index (κ3) is 2.91. The minimum Gasteiger partial charge on any atom is -0.312 e. The molecule has 2 heterocycles. The smallest absolute Gasteiger partial charge is 0.0453 e. The molecule has 0 amide bonds. The van der Waals surface area contributed by atoms with Crippen molar-refractivity contribution < 1.29 is 0 Å². The van der Waals surface area contributed by atoms with Gasteiger partial charge < -0.3 is 5.32 Å². The van der Waals surface area contributed by atoms with Gasteiger partial charge in [0, 0.05) is 20.8 Å². The second kappa shape index (κ2) is 5.25. The van der Waals surface area contributed by atoms with Crippen LogP contribution < -0.4 is 5.32 Å². The van der Waals surface area contributed by atoms with Crippen LogP contribution in [-0.4, -0.2) is 7.05 Å². The topological polar surface area (TPSA) is 12.0 Å². The lowest BCUT2D eigenvalue weighted by molar-refractivity contribution is 0.603. The molecule has 1 unspecified atom stereocenters. The average molecular weight is 302 g/mol. The van der Waals surface area contributed by atoms with E-state index in [-0.39, 0.29) is 0 Å². The van der Waals surface area contributed by atoms with Gasteiger partial charge in [-0.2, -0.15) is 11.3 Å². The molecule has 0 aliphatic carbocycles. The lowest BCUT2D eigenvalue weighted by Gasteiger charge is -2.13. The summed E-state index contributed by atoms with van der Waals surface area (Å²) >= 11 is 7.05. The first-order valence-electron chi connectivity index (χ1n) is 4.72. The van der Waals surface area contributed by atoms with Crippen LogP contribution in [0.15, 0.2) is 32.7 Å². The van der Waals surface area contributed by atoms with Gasteiger partial charge in [0.25, 0.3) is 0 Å². The molecule has 4 heteroatoms. The molecule has 0 bridgehead atoms. The third-order valence-electron chi connectivity index (χ3n) is 2.30. The van der Waals surface area contributed by atoms with Crippen molar-refractivity contribution in [3.05, 3.63) is 43.2 Å². The first kappa shape index (κ1) is 11.3. The second-order valence-corrected chi connectivity index (χ2v) is 5.98. The van der Waals surface area contributed by atoms with Crippen LogP contribution in [0.3, 0.4) is 0 Å². The summed E-state index contributed by atoms with van der Waals surface area (Å²) in [5, 5.41) is 9.84. The number of likely N-dealkylation sites (N-methyl/N-ethyl adjacent to an activating group) is 1. The van der Waals surface area contributed by atoms with Crippen molar-refractivity contribution in [2.45, 2.75) is 12.5 Å². The van der Waals surface area contributed by atoms with Gasteiger partial charge in [-0.15, -0.1) is 11.3 Å². The Morgan fingerprint density at radius 3 is 2.87 bits per heavy atom. The summed E-state index contributed by atoms with van der Waals surface area (Å²) in [6.45, 7) is 0. The van der Waals surface area contributed by atoms with E-state index in [1.807, 2.05) is 7.05 Å². The summed E-state index contributed by atoms with van der Waals surface area (Å²) in [6, 6.07) is 4.81. The minimum absolute atomic E-state index is 0.427. The van der Waals surface area contributed by atoms with Gasteiger partial charge >= 0.3 is 0 Å². The molecule has 1 N–H and O–H groups in total. The zero-order valence-electron chi connectivity index (χ0n) is 8.37. The normalized spacial score (nSPS) is 12.9. The first-order valence-corrected chi connectivity index (χ1v) is 7.33. The molecule has 2 aromatic heterocycles. The highest BCUT2D eigenvalue weighted by molar-refractivity contribution is 9.10. The maximum absolute atomic E-state index is 3.49. The fourth-order valence-corrected chi connectivity index (χ4v) is 3.74. The number of halogens is 1. The fourth-order valence-electron chi connectivity index (χ4n) is 1.50. The van der Waals surface area contributed by atoms with Crippen LogP contribution in [0.25, 0.3) is 0 Å². The number of hydrogen-bond acceptors (Lipinski definition) is 3.